The topological polar surface area (TPSA) is 89.4 Å². The van der Waals surface area contributed by atoms with Gasteiger partial charge in [-0.2, -0.15) is 4.98 Å². The van der Waals surface area contributed by atoms with E-state index in [0.29, 0.717) is 18.9 Å². The summed E-state index contributed by atoms with van der Waals surface area (Å²) in [6.07, 6.45) is 3.49. The Balaban J connectivity index is 1.66. The van der Waals surface area contributed by atoms with E-state index < -0.39 is 0 Å². The Bertz CT molecular complexity index is 902. The number of carbonyl (C=O) groups is 1. The summed E-state index contributed by atoms with van der Waals surface area (Å²) < 4.78 is 1.53. The number of carbonyl (C=O) groups excluding carboxylic acids is 1. The first kappa shape index (κ1) is 13.8. The van der Waals surface area contributed by atoms with Crippen LogP contribution in [0.4, 0.5) is 0 Å². The molecule has 1 atom stereocenters. The van der Waals surface area contributed by atoms with Crippen LogP contribution in [0.2, 0.25) is 0 Å². The number of aromatic nitrogens is 4. The van der Waals surface area contributed by atoms with Crippen molar-refractivity contribution in [3.05, 3.63) is 59.2 Å². The Morgan fingerprint density at radius 1 is 1.35 bits per heavy atom. The van der Waals surface area contributed by atoms with Gasteiger partial charge in [-0.25, -0.2) is 9.50 Å². The van der Waals surface area contributed by atoms with Crippen LogP contribution in [0.15, 0.2) is 36.7 Å². The van der Waals surface area contributed by atoms with E-state index in [-0.39, 0.29) is 17.8 Å². The maximum atomic E-state index is 12.7. The number of benzene rings is 1. The van der Waals surface area contributed by atoms with Crippen molar-refractivity contribution in [2.75, 3.05) is 6.54 Å². The van der Waals surface area contributed by atoms with Crippen molar-refractivity contribution in [3.8, 4) is 0 Å². The summed E-state index contributed by atoms with van der Waals surface area (Å²) in [5.41, 5.74) is 9.31. The summed E-state index contributed by atoms with van der Waals surface area (Å²) in [7, 11) is 0. The summed E-state index contributed by atoms with van der Waals surface area (Å²) in [6.45, 7) is 2.89. The lowest BCUT2D eigenvalue weighted by Crippen LogP contribution is -2.41. The average molecular weight is 308 g/mol. The molecule has 1 amide bonds. The molecule has 0 radical (unpaired) electrons. The highest BCUT2D eigenvalue weighted by Gasteiger charge is 2.28. The second kappa shape index (κ2) is 5.13. The Labute approximate surface area is 132 Å². The Hall–Kier alpha value is -2.80. The number of hydrogen-bond acceptors (Lipinski definition) is 5. The minimum absolute atomic E-state index is 0.148. The monoisotopic (exact) mass is 308 g/mol. The van der Waals surface area contributed by atoms with E-state index in [2.05, 4.69) is 15.1 Å². The van der Waals surface area contributed by atoms with Crippen LogP contribution in [0.25, 0.3) is 5.78 Å². The van der Waals surface area contributed by atoms with Gasteiger partial charge < -0.3 is 10.6 Å². The van der Waals surface area contributed by atoms with Gasteiger partial charge >= 0.3 is 0 Å². The second-order valence-corrected chi connectivity index (χ2v) is 5.80. The van der Waals surface area contributed by atoms with Crippen LogP contribution in [0.3, 0.4) is 0 Å². The minimum Gasteiger partial charge on any atom is -0.330 e. The van der Waals surface area contributed by atoms with Gasteiger partial charge in [0.1, 0.15) is 0 Å². The molecule has 2 N–H and O–H groups in total. The van der Waals surface area contributed by atoms with Crippen molar-refractivity contribution < 1.29 is 4.79 Å². The van der Waals surface area contributed by atoms with Gasteiger partial charge in [0, 0.05) is 31.5 Å². The van der Waals surface area contributed by atoms with E-state index in [4.69, 9.17) is 5.73 Å². The largest absolute Gasteiger partial charge is 0.330 e. The first-order chi connectivity index (χ1) is 11.1. The summed E-state index contributed by atoms with van der Waals surface area (Å²) in [5.74, 6) is 0.341. The zero-order valence-corrected chi connectivity index (χ0v) is 12.7. The maximum absolute atomic E-state index is 12.7. The third-order valence-corrected chi connectivity index (χ3v) is 4.03. The lowest BCUT2D eigenvalue weighted by Gasteiger charge is -2.32. The summed E-state index contributed by atoms with van der Waals surface area (Å²) in [6, 6.07) is 7.73. The van der Waals surface area contributed by atoms with Crippen LogP contribution in [-0.4, -0.2) is 36.9 Å². The van der Waals surface area contributed by atoms with Crippen LogP contribution >= 0.6 is 0 Å². The molecule has 0 fully saturated rings. The fourth-order valence-electron chi connectivity index (χ4n) is 2.91. The quantitative estimate of drug-likeness (QED) is 0.727. The van der Waals surface area contributed by atoms with Gasteiger partial charge in [-0.05, 0) is 23.6 Å². The highest BCUT2D eigenvalue weighted by Crippen LogP contribution is 2.25. The molecule has 7 heteroatoms. The van der Waals surface area contributed by atoms with E-state index in [1.165, 1.54) is 4.52 Å². The molecule has 23 heavy (non-hydrogen) atoms. The van der Waals surface area contributed by atoms with Crippen molar-refractivity contribution in [2.45, 2.75) is 19.5 Å². The van der Waals surface area contributed by atoms with Gasteiger partial charge in [0.2, 0.25) is 5.82 Å². The van der Waals surface area contributed by atoms with Gasteiger partial charge in [-0.15, -0.1) is 5.10 Å². The number of nitrogens with zero attached hydrogens (tertiary/aromatic N) is 5. The molecule has 116 valence electrons. The van der Waals surface area contributed by atoms with Gasteiger partial charge in [-0.1, -0.05) is 24.3 Å². The van der Waals surface area contributed by atoms with Gasteiger partial charge in [0.15, 0.2) is 0 Å². The second-order valence-electron chi connectivity index (χ2n) is 5.80. The van der Waals surface area contributed by atoms with Crippen LogP contribution in [0.5, 0.6) is 0 Å². The molecule has 1 aromatic carbocycles. The number of amides is 1. The highest BCUT2D eigenvalue weighted by molar-refractivity contribution is 5.91. The summed E-state index contributed by atoms with van der Waals surface area (Å²) >= 11 is 0. The Morgan fingerprint density at radius 3 is 3.04 bits per heavy atom. The number of fused-ring (bicyclic) bond motifs is 2. The van der Waals surface area contributed by atoms with Crippen LogP contribution < -0.4 is 5.73 Å². The van der Waals surface area contributed by atoms with Gasteiger partial charge in [0.25, 0.3) is 11.7 Å². The molecule has 0 aliphatic carbocycles. The molecule has 0 saturated heterocycles. The van der Waals surface area contributed by atoms with E-state index in [0.717, 1.165) is 16.7 Å². The first-order valence-corrected chi connectivity index (χ1v) is 7.43. The highest BCUT2D eigenvalue weighted by atomic mass is 16.2. The molecule has 3 heterocycles. The lowest BCUT2D eigenvalue weighted by atomic mass is 9.96. The first-order valence-electron chi connectivity index (χ1n) is 7.43. The van der Waals surface area contributed by atoms with Crippen LogP contribution in [0.1, 0.15) is 33.4 Å². The molecule has 4 rings (SSSR count). The number of nitrogens with two attached hydrogens (primary N) is 1. The normalized spacial score (nSPS) is 17.3. The van der Waals surface area contributed by atoms with Crippen molar-refractivity contribution >= 4 is 11.7 Å². The maximum Gasteiger partial charge on any atom is 0.293 e. The molecule has 7 nitrogen and oxygen atoms in total. The Kier molecular flexibility index (Phi) is 3.09. The zero-order valence-electron chi connectivity index (χ0n) is 12.7. The van der Waals surface area contributed by atoms with Crippen molar-refractivity contribution in [2.24, 2.45) is 5.73 Å². The molecule has 0 spiro atoms. The molecule has 1 unspecified atom stereocenters. The van der Waals surface area contributed by atoms with E-state index in [1.807, 2.05) is 31.2 Å². The molecule has 1 aliphatic rings. The fraction of sp³-hybridized carbons (Fsp3) is 0.250. The Morgan fingerprint density at radius 2 is 2.17 bits per heavy atom. The van der Waals surface area contributed by atoms with Crippen LogP contribution in [-0.2, 0) is 6.54 Å². The van der Waals surface area contributed by atoms with Gasteiger partial charge in [0.05, 0.1) is 0 Å². The predicted octanol–water partition coefficient (Wildman–Crippen LogP) is 1.09. The number of aryl methyl sites for hydroxylation is 1. The predicted molar refractivity (Wildman–Crippen MR) is 83.6 cm³/mol. The van der Waals surface area contributed by atoms with Crippen LogP contribution in [0, 0.1) is 6.92 Å². The standard InChI is InChI=1S/C16H16N6O/c1-10-6-18-16-19-14(20-22(16)7-10)15(23)21-8-11-4-2-3-5-12(11)13(17)9-21/h2-7,13H,8-9,17H2,1H3. The zero-order chi connectivity index (χ0) is 16.0. The SMILES string of the molecule is Cc1cnc2nc(C(=O)N3Cc4ccccc4C(N)C3)nn2c1. The van der Waals surface area contributed by atoms with E-state index >= 15 is 0 Å². The third-order valence-electron chi connectivity index (χ3n) is 4.03. The molecule has 1 aliphatic heterocycles. The van der Waals surface area contributed by atoms with Gasteiger partial charge in [-0.3, -0.25) is 4.79 Å². The molecule has 3 aromatic rings. The molecular formula is C16H16N6O. The summed E-state index contributed by atoms with van der Waals surface area (Å²) in [4.78, 5) is 22.8. The average Bonchev–Trinajstić information content (AvgIpc) is 2.97. The van der Waals surface area contributed by atoms with Crippen molar-refractivity contribution in [3.63, 3.8) is 0 Å². The number of rotatable bonds is 1. The summed E-state index contributed by atoms with van der Waals surface area (Å²) in [5, 5.41) is 4.24. The van der Waals surface area contributed by atoms with Crippen molar-refractivity contribution in [1.82, 2.24) is 24.5 Å². The molecule has 0 saturated carbocycles. The van der Waals surface area contributed by atoms with Crippen molar-refractivity contribution in [1.29, 1.82) is 0 Å². The third kappa shape index (κ3) is 2.35. The lowest BCUT2D eigenvalue weighted by molar-refractivity contribution is 0.0706. The smallest absolute Gasteiger partial charge is 0.293 e. The fourth-order valence-corrected chi connectivity index (χ4v) is 2.91. The molecular weight excluding hydrogens is 292 g/mol. The minimum atomic E-state index is -0.224. The molecule has 2 aromatic heterocycles. The van der Waals surface area contributed by atoms with E-state index in [9.17, 15) is 4.79 Å². The van der Waals surface area contributed by atoms with E-state index in [1.54, 1.807) is 17.3 Å². The molecule has 0 bridgehead atoms. The number of hydrogen-bond donors (Lipinski definition) is 1.